The van der Waals surface area contributed by atoms with Crippen molar-refractivity contribution in [1.29, 1.82) is 31.6 Å². The zero-order valence-electron chi connectivity index (χ0n) is 53.2. The van der Waals surface area contributed by atoms with Gasteiger partial charge in [-0.2, -0.15) is 36.6 Å². The number of imidazole rings is 4. The number of halogens is 5. The molecule has 99 heavy (non-hydrogen) atoms. The molecule has 0 aliphatic heterocycles. The highest BCUT2D eigenvalue weighted by molar-refractivity contribution is 9.10. The number of rotatable bonds is 16. The van der Waals surface area contributed by atoms with Gasteiger partial charge in [-0.1, -0.05) is 156 Å². The fraction of sp³-hybridized carbons (Fsp3) is 0.190. The molecular formula is C63H61Br2Cl3N26O5. The number of hydrogen-bond acceptors (Lipinski definition) is 27. The molecule has 508 valence electrons. The molecule has 10 aromatic rings. The van der Waals surface area contributed by atoms with Crippen LogP contribution < -0.4 is 44.9 Å². The third kappa shape index (κ3) is 21.4. The Balaban J connectivity index is 0.000000222. The van der Waals surface area contributed by atoms with Gasteiger partial charge in [0.15, 0.2) is 72.7 Å². The molecule has 6 aromatic heterocycles. The lowest BCUT2D eigenvalue weighted by Crippen LogP contribution is -2.35. The van der Waals surface area contributed by atoms with Crippen molar-refractivity contribution in [2.75, 3.05) is 58.0 Å². The summed E-state index contributed by atoms with van der Waals surface area (Å²) in [5, 5.41) is 50.1. The quantitative estimate of drug-likeness (QED) is 0.0119. The topological polar surface area (TPSA) is 506 Å². The van der Waals surface area contributed by atoms with Crippen molar-refractivity contribution in [3.63, 3.8) is 0 Å². The van der Waals surface area contributed by atoms with E-state index in [-0.39, 0.29) is 57.5 Å². The van der Waals surface area contributed by atoms with E-state index in [0.717, 1.165) is 28.7 Å². The van der Waals surface area contributed by atoms with Crippen LogP contribution in [-0.4, -0.2) is 99.6 Å². The van der Waals surface area contributed by atoms with Crippen LogP contribution in [0, 0.1) is 68.0 Å². The number of allylic oxidation sites excluding steroid dienone is 4. The van der Waals surface area contributed by atoms with Crippen LogP contribution in [0.15, 0.2) is 165 Å². The highest BCUT2D eigenvalue weighted by Crippen LogP contribution is 2.38. The number of anilines is 4. The van der Waals surface area contributed by atoms with E-state index >= 15 is 0 Å². The van der Waals surface area contributed by atoms with Crippen molar-refractivity contribution < 1.29 is 23.7 Å². The number of hydrogen-bond donors (Lipinski definition) is 7. The van der Waals surface area contributed by atoms with Gasteiger partial charge in [0.25, 0.3) is 6.01 Å². The molecule has 4 aromatic carbocycles. The molecule has 6 heterocycles. The van der Waals surface area contributed by atoms with Crippen LogP contribution in [0.4, 0.5) is 23.3 Å². The van der Waals surface area contributed by atoms with Crippen LogP contribution >= 0.6 is 66.7 Å². The van der Waals surface area contributed by atoms with Crippen LogP contribution in [0.1, 0.15) is 52.2 Å². The van der Waals surface area contributed by atoms with E-state index < -0.39 is 9.77 Å². The summed E-state index contributed by atoms with van der Waals surface area (Å²) in [6, 6.07) is 50.1. The Hall–Kier alpha value is -11.6. The van der Waals surface area contributed by atoms with Crippen molar-refractivity contribution in [2.45, 2.75) is 42.9 Å². The second kappa shape index (κ2) is 38.2. The molecule has 10 rings (SSSR count). The number of nitrogens with two attached hydrogens (primary N) is 7. The minimum atomic E-state index is -1.75. The Morgan fingerprint density at radius 2 is 0.949 bits per heavy atom. The molecule has 36 heteroatoms. The second-order valence-electron chi connectivity index (χ2n) is 19.2. The number of nitrogen functional groups attached to an aromatic ring is 4. The Labute approximate surface area is 599 Å². The highest BCUT2D eigenvalue weighted by Gasteiger charge is 2.38. The third-order valence-electron chi connectivity index (χ3n) is 12.9. The van der Waals surface area contributed by atoms with Gasteiger partial charge in [-0.05, 0) is 61.0 Å². The zero-order chi connectivity index (χ0) is 72.8. The van der Waals surface area contributed by atoms with E-state index in [1.54, 1.807) is 39.1 Å². The zero-order valence-corrected chi connectivity index (χ0v) is 58.6. The number of aromatic nitrogens is 12. The van der Waals surface area contributed by atoms with E-state index in [9.17, 15) is 0 Å². The lowest BCUT2D eigenvalue weighted by Gasteiger charge is -2.26. The lowest BCUT2D eigenvalue weighted by atomic mass is 10.2. The van der Waals surface area contributed by atoms with Gasteiger partial charge in [0.2, 0.25) is 9.62 Å². The maximum absolute atomic E-state index is 8.80. The van der Waals surface area contributed by atoms with Crippen molar-refractivity contribution in [3.8, 4) is 42.4 Å². The number of ether oxygens (including phenoxy) is 5. The predicted octanol–water partition coefficient (Wildman–Crippen LogP) is 8.53. The average Bonchev–Trinajstić information content (AvgIpc) is 1.66. The summed E-state index contributed by atoms with van der Waals surface area (Å²) >= 11 is 24.3. The van der Waals surface area contributed by atoms with Crippen LogP contribution in [-0.2, 0) is 54.9 Å². The monoisotopic (exact) mass is 1520 g/mol. The molecule has 0 saturated heterocycles. The maximum atomic E-state index is 8.80. The molecule has 0 saturated carbocycles. The number of alkyl halides is 3. The maximum Gasteiger partial charge on any atom is 0.347 e. The van der Waals surface area contributed by atoms with E-state index in [1.807, 2.05) is 138 Å². The van der Waals surface area contributed by atoms with Crippen molar-refractivity contribution in [2.24, 2.45) is 22.2 Å². The number of nitriles is 6. The van der Waals surface area contributed by atoms with Crippen LogP contribution in [0.5, 0.6) is 6.01 Å². The Bertz CT molecular complexity index is 4680. The van der Waals surface area contributed by atoms with Crippen molar-refractivity contribution >= 4 is 119 Å². The first-order valence-corrected chi connectivity index (χ1v) is 30.9. The Morgan fingerprint density at radius 1 is 0.525 bits per heavy atom. The number of nitrogens with zero attached hydrogens (tertiary/aromatic N) is 19. The summed E-state index contributed by atoms with van der Waals surface area (Å²) in [4.78, 5) is 37.3. The van der Waals surface area contributed by atoms with Gasteiger partial charge >= 0.3 is 5.97 Å². The summed E-state index contributed by atoms with van der Waals surface area (Å²) in [6.45, 7) is 4.51. The normalized spacial score (nSPS) is 11.2. The fourth-order valence-electron chi connectivity index (χ4n) is 8.07. The molecule has 0 fully saturated rings. The van der Waals surface area contributed by atoms with E-state index in [1.165, 1.54) is 40.6 Å². The van der Waals surface area contributed by atoms with Gasteiger partial charge < -0.3 is 73.0 Å². The third-order valence-corrected chi connectivity index (χ3v) is 14.6. The predicted molar refractivity (Wildman–Crippen MR) is 377 cm³/mol. The van der Waals surface area contributed by atoms with Crippen LogP contribution in [0.3, 0.4) is 0 Å². The van der Waals surface area contributed by atoms with Crippen LogP contribution in [0.2, 0.25) is 0 Å². The first-order chi connectivity index (χ1) is 47.4. The summed E-state index contributed by atoms with van der Waals surface area (Å²) in [5.41, 5.74) is 44.5. The van der Waals surface area contributed by atoms with E-state index in [4.69, 9.17) is 130 Å². The smallest absolute Gasteiger partial charge is 0.347 e. The molecule has 0 aliphatic carbocycles. The molecule has 0 aliphatic rings. The van der Waals surface area contributed by atoms with E-state index in [2.05, 4.69) is 76.7 Å². The minimum Gasteiger partial charge on any atom is -0.483 e. The number of methoxy groups -OCH3 is 4. The van der Waals surface area contributed by atoms with Gasteiger partial charge in [-0.25, -0.2) is 39.9 Å². The summed E-state index contributed by atoms with van der Waals surface area (Å²) in [7, 11) is 5.83. The lowest BCUT2D eigenvalue weighted by molar-refractivity contribution is -0.368. The summed E-state index contributed by atoms with van der Waals surface area (Å²) in [6.07, 6.45) is 2.67. The average molecular weight is 1530 g/mol. The minimum absolute atomic E-state index is 0.0178. The fourth-order valence-corrected chi connectivity index (χ4v) is 9.29. The first-order valence-electron chi connectivity index (χ1n) is 28.2. The van der Waals surface area contributed by atoms with Crippen molar-refractivity contribution in [1.82, 2.24) is 58.1 Å². The molecular weight excluding hydrogens is 1470 g/mol. The van der Waals surface area contributed by atoms with Gasteiger partial charge in [-0.3, -0.25) is 9.13 Å². The number of aliphatic imine (C=N–C) groups is 1. The van der Waals surface area contributed by atoms with Crippen LogP contribution in [0.25, 0.3) is 22.3 Å². The molecule has 0 radical (unpaired) electrons. The van der Waals surface area contributed by atoms with Gasteiger partial charge in [0.1, 0.15) is 65.1 Å². The first kappa shape index (κ1) is 78.1. The van der Waals surface area contributed by atoms with E-state index in [0.29, 0.717) is 82.2 Å². The van der Waals surface area contributed by atoms with Crippen molar-refractivity contribution in [3.05, 3.63) is 205 Å². The molecule has 14 N–H and O–H groups in total. The van der Waals surface area contributed by atoms with Gasteiger partial charge in [0.05, 0.1) is 46.2 Å². The molecule has 0 spiro atoms. The highest BCUT2D eigenvalue weighted by atomic mass is 79.9. The number of benzene rings is 4. The molecule has 0 atom stereocenters. The molecule has 31 nitrogen and oxygen atoms in total. The Kier molecular flexibility index (Phi) is 30.2. The van der Waals surface area contributed by atoms with Gasteiger partial charge in [-0.15, -0.1) is 0 Å². The molecule has 0 unspecified atom stereocenters. The Morgan fingerprint density at radius 3 is 1.36 bits per heavy atom. The SMILES string of the molecule is CCOC=N/C(C#N)=C(\N)C#N.COc1nc2c(N)nc(C(OC)(OC)OC)nc2n1Cc1ccccc1.N#C/C(N)=C(/N)C#N.N#Cc1nc(Br)n(Cc2ccccc2)c1N.N#Cc1ncn(Cc2ccccc2)c1N.Nc1nc(C(Cl)(Cl)Cl)nc2c1nc(Br)n2Cc1ccccc1. The molecule has 0 amide bonds. The molecule has 0 bridgehead atoms. The number of fused-ring (bicyclic) bond motifs is 2. The second-order valence-corrected chi connectivity index (χ2v) is 22.9. The summed E-state index contributed by atoms with van der Waals surface area (Å²) in [5.74, 6) is -0.280. The van der Waals surface area contributed by atoms with Gasteiger partial charge in [0, 0.05) is 21.3 Å². The summed E-state index contributed by atoms with van der Waals surface area (Å²) < 4.78 is 32.7. The standard InChI is InChI=1S/C17H21N5O4.C13H9BrCl3N5.C11H9BrN4.C11H10N4.C7H8N4O.C4H4N4/c1-23-16-19-12-13(18)20-15(17(24-2,25-3)26-4)21-14(12)22(16)10-11-8-6-5-7-9-11;14-12-19-8-9(18)20-11(13(15,16)17)21-10(8)22(12)6-7-4-2-1-3-5-7;12-11-15-9(6-13)10(14)16(11)7-8-4-2-1-3-5-8;12-6-10-11(13)15(8-14-10)7-9-4-2-1-3-5-9;1-2-12-5-11-7(4-9)6(10)3-8;5-1-3(7)4(8)2-6/h5-9H,10H2,1-4H3,(H2,18,20,21);1-5H,6H2,(H2,18,20,21);1-5H,7,14H2;1-5,8H,7,13H2;5H,2,10H2,1H3;7-8H2/b;;;;7-6-,11-5?;4-3-. The largest absolute Gasteiger partial charge is 0.483 e.